The predicted octanol–water partition coefficient (Wildman–Crippen LogP) is 0.0444. The van der Waals surface area contributed by atoms with E-state index >= 15 is 0 Å². The normalized spacial score (nSPS) is 9.20. The topological polar surface area (TPSA) is 79.0 Å². The Kier molecular flexibility index (Phi) is 5.77. The summed E-state index contributed by atoms with van der Waals surface area (Å²) < 4.78 is 8.81. The molecule has 0 aliphatic heterocycles. The van der Waals surface area contributed by atoms with E-state index in [1.54, 1.807) is 12.4 Å². The minimum Gasteiger partial charge on any atom is -0.578 e. The number of hydrogen-bond acceptors (Lipinski definition) is 3. The molecule has 0 saturated carbocycles. The van der Waals surface area contributed by atoms with E-state index in [0.29, 0.717) is 0 Å². The summed E-state index contributed by atoms with van der Waals surface area (Å²) in [5.41, 5.74) is 4.06. The third-order valence-electron chi connectivity index (χ3n) is 0.566. The molecule has 10 heavy (non-hydrogen) atoms. The first-order valence-corrected chi connectivity index (χ1v) is 3.72. The van der Waals surface area contributed by atoms with Crippen molar-refractivity contribution in [2.24, 2.45) is 5.50 Å². The van der Waals surface area contributed by atoms with Crippen LogP contribution in [0.5, 0.6) is 0 Å². The van der Waals surface area contributed by atoms with Gasteiger partial charge in [0.15, 0.2) is 0 Å². The van der Waals surface area contributed by atoms with Crippen LogP contribution in [0.1, 0.15) is 0 Å². The van der Waals surface area contributed by atoms with Gasteiger partial charge in [0.1, 0.15) is 0 Å². The lowest BCUT2D eigenvalue weighted by Gasteiger charge is -1.70. The highest BCUT2D eigenvalue weighted by Gasteiger charge is 1.69. The Morgan fingerprint density at radius 2 is 1.70 bits per heavy atom. The van der Waals surface area contributed by atoms with Crippen LogP contribution in [0, 0.1) is 0 Å². The Bertz CT molecular complexity index is 150. The summed E-state index contributed by atoms with van der Waals surface area (Å²) in [4.78, 5) is 12.6. The zero-order chi connectivity index (χ0) is 7.82. The van der Waals surface area contributed by atoms with E-state index in [9.17, 15) is 0 Å². The van der Waals surface area contributed by atoms with Crippen LogP contribution >= 0.6 is 8.18 Å². The molecule has 0 saturated heterocycles. The van der Waals surface area contributed by atoms with Crippen molar-refractivity contribution in [3.05, 3.63) is 30.6 Å². The molecule has 0 bridgehead atoms. The third-order valence-corrected chi connectivity index (χ3v) is 0.566. The number of nitrogens with zero attached hydrogens (tertiary/aromatic N) is 1. The van der Waals surface area contributed by atoms with E-state index in [2.05, 4.69) is 10.5 Å². The fourth-order valence-electron chi connectivity index (χ4n) is 0.313. The molecular formula is C5H7N2O2P. The van der Waals surface area contributed by atoms with Crippen LogP contribution in [-0.4, -0.2) is 4.98 Å². The predicted molar refractivity (Wildman–Crippen MR) is 36.0 cm³/mol. The summed E-state index contributed by atoms with van der Waals surface area (Å²) in [6, 6.07) is 5.72. The van der Waals surface area contributed by atoms with Gasteiger partial charge < -0.3 is 4.89 Å². The van der Waals surface area contributed by atoms with Crippen LogP contribution in [-0.2, 0) is 4.57 Å². The molecule has 1 atom stereocenters. The molecule has 4 nitrogen and oxygen atoms in total. The highest BCUT2D eigenvalue weighted by atomic mass is 31.1. The van der Waals surface area contributed by atoms with Crippen LogP contribution in [0.2, 0.25) is 0 Å². The van der Waals surface area contributed by atoms with Gasteiger partial charge in [-0.05, 0) is 12.1 Å². The van der Waals surface area contributed by atoms with Crippen molar-refractivity contribution in [2.75, 3.05) is 0 Å². The van der Waals surface area contributed by atoms with Crippen LogP contribution in [0.15, 0.2) is 30.6 Å². The third kappa shape index (κ3) is 10.2. The quantitative estimate of drug-likeness (QED) is 0.541. The zero-order valence-electron chi connectivity index (χ0n) is 5.18. The summed E-state index contributed by atoms with van der Waals surface area (Å²) in [5, 5.41) is 0. The van der Waals surface area contributed by atoms with E-state index in [4.69, 9.17) is 9.46 Å². The lowest BCUT2D eigenvalue weighted by Crippen LogP contribution is -1.91. The number of hydrogen-bond donors (Lipinski definition) is 1. The Morgan fingerprint density at radius 3 is 1.80 bits per heavy atom. The molecule has 1 rings (SSSR count). The minimum atomic E-state index is -2.62. The van der Waals surface area contributed by atoms with Gasteiger partial charge in [-0.25, -0.2) is 0 Å². The maximum Gasteiger partial charge on any atom is 0.405 e. The van der Waals surface area contributed by atoms with E-state index in [1.165, 1.54) is 0 Å². The van der Waals surface area contributed by atoms with E-state index in [0.717, 1.165) is 0 Å². The summed E-state index contributed by atoms with van der Waals surface area (Å²) in [7, 11) is -2.62. The summed E-state index contributed by atoms with van der Waals surface area (Å²) >= 11 is 0. The minimum absolute atomic E-state index is 1.75. The van der Waals surface area contributed by atoms with Crippen molar-refractivity contribution < 1.29 is 9.46 Å². The SMILES string of the molecule is N[P+](=O)[O-].c1ccncc1. The highest BCUT2D eigenvalue weighted by molar-refractivity contribution is 7.33. The summed E-state index contributed by atoms with van der Waals surface area (Å²) in [6.07, 6.45) is 3.50. The summed E-state index contributed by atoms with van der Waals surface area (Å²) in [6.45, 7) is 0. The average molecular weight is 158 g/mol. The van der Waals surface area contributed by atoms with Crippen LogP contribution < -0.4 is 10.4 Å². The number of aromatic nitrogens is 1. The van der Waals surface area contributed by atoms with E-state index < -0.39 is 8.18 Å². The molecule has 0 amide bonds. The zero-order valence-corrected chi connectivity index (χ0v) is 6.07. The molecule has 0 fully saturated rings. The largest absolute Gasteiger partial charge is 0.578 e. The second-order valence-corrected chi connectivity index (χ2v) is 1.88. The van der Waals surface area contributed by atoms with Crippen molar-refractivity contribution in [1.82, 2.24) is 4.98 Å². The van der Waals surface area contributed by atoms with Crippen molar-refractivity contribution in [3.63, 3.8) is 0 Å². The molecule has 1 heterocycles. The van der Waals surface area contributed by atoms with Gasteiger partial charge in [0.05, 0.1) is 0 Å². The van der Waals surface area contributed by atoms with Crippen LogP contribution in [0.3, 0.4) is 0 Å². The molecule has 54 valence electrons. The first-order chi connectivity index (χ1) is 4.73. The van der Waals surface area contributed by atoms with E-state index in [-0.39, 0.29) is 0 Å². The molecule has 5 heteroatoms. The van der Waals surface area contributed by atoms with Gasteiger partial charge in [-0.15, -0.1) is 5.50 Å². The lowest BCUT2D eigenvalue weighted by molar-refractivity contribution is -0.164. The van der Waals surface area contributed by atoms with Crippen molar-refractivity contribution in [1.29, 1.82) is 0 Å². The molecule has 0 aliphatic rings. The van der Waals surface area contributed by atoms with Gasteiger partial charge in [0.25, 0.3) is 0 Å². The monoisotopic (exact) mass is 158 g/mol. The maximum absolute atomic E-state index is 8.81. The maximum atomic E-state index is 8.81. The number of nitrogens with two attached hydrogens (primary N) is 1. The van der Waals surface area contributed by atoms with Gasteiger partial charge in [-0.3, -0.25) is 4.98 Å². The van der Waals surface area contributed by atoms with Crippen LogP contribution in [0.4, 0.5) is 0 Å². The molecule has 0 aromatic carbocycles. The Balaban J connectivity index is 0.000000180. The molecule has 1 unspecified atom stereocenters. The Labute approximate surface area is 59.6 Å². The Morgan fingerprint density at radius 1 is 1.30 bits per heavy atom. The molecule has 0 spiro atoms. The molecule has 0 radical (unpaired) electrons. The van der Waals surface area contributed by atoms with Gasteiger partial charge in [0, 0.05) is 12.4 Å². The molecule has 1 aromatic heterocycles. The number of rotatable bonds is 0. The van der Waals surface area contributed by atoms with Gasteiger partial charge in [-0.2, -0.15) is 0 Å². The molecule has 0 aliphatic carbocycles. The fourth-order valence-corrected chi connectivity index (χ4v) is 0.313. The van der Waals surface area contributed by atoms with Crippen molar-refractivity contribution in [2.45, 2.75) is 0 Å². The summed E-state index contributed by atoms with van der Waals surface area (Å²) in [5.74, 6) is 0. The van der Waals surface area contributed by atoms with E-state index in [1.807, 2.05) is 18.2 Å². The highest BCUT2D eigenvalue weighted by Crippen LogP contribution is 1.81. The van der Waals surface area contributed by atoms with Gasteiger partial charge in [0.2, 0.25) is 0 Å². The fraction of sp³-hybridized carbons (Fsp3) is 0. The second kappa shape index (κ2) is 6.29. The number of pyridine rings is 1. The van der Waals surface area contributed by atoms with Gasteiger partial charge >= 0.3 is 8.18 Å². The van der Waals surface area contributed by atoms with Crippen LogP contribution in [0.25, 0.3) is 0 Å². The first-order valence-electron chi connectivity index (χ1n) is 2.47. The average Bonchev–Trinajstić information content (AvgIpc) is 1.90. The van der Waals surface area contributed by atoms with Crippen molar-refractivity contribution >= 4 is 8.18 Å². The standard InChI is InChI=1S/C5H5N.H2NO2P/c1-2-4-6-5-3-1;1-4(2)3/h1-5H;(H2,1,2,3). The molecule has 1 aromatic rings. The second-order valence-electron chi connectivity index (χ2n) is 1.31. The Hall–Kier alpha value is -0.830. The first kappa shape index (κ1) is 9.17. The van der Waals surface area contributed by atoms with Gasteiger partial charge in [-0.1, -0.05) is 10.6 Å². The molecular weight excluding hydrogens is 151 g/mol. The smallest absolute Gasteiger partial charge is 0.405 e. The lowest BCUT2D eigenvalue weighted by atomic mass is 10.5. The van der Waals surface area contributed by atoms with Crippen molar-refractivity contribution in [3.8, 4) is 0 Å². The molecule has 2 N–H and O–H groups in total.